The molecule has 3 aromatic carbocycles. The molecule has 0 N–H and O–H groups in total. The fraction of sp³-hybridized carbons (Fsp3) is 0.179. The van der Waals surface area contributed by atoms with E-state index in [9.17, 15) is 14.9 Å². The maximum atomic E-state index is 14.3. The summed E-state index contributed by atoms with van der Waals surface area (Å²) in [5, 5.41) is 10.8. The van der Waals surface area contributed by atoms with Crippen LogP contribution in [0.2, 0.25) is 0 Å². The number of hydrogen-bond acceptors (Lipinski definition) is 5. The minimum absolute atomic E-state index is 0.137. The standard InChI is InChI=1S/C28H22N2O3S/c1-33-26(32)27(19-34-22-13-6-3-7-14-22)24(21-11-4-2-5-12-21)28(18-29)23-15-9-8-10-20(23)16-17-30(28)25(27)31/h2-17,24H,19H2,1H3/t24-,27-,28+/m1/s1. The first kappa shape index (κ1) is 22.0. The first-order valence-electron chi connectivity index (χ1n) is 10.9. The second-order valence-corrected chi connectivity index (χ2v) is 9.41. The number of ether oxygens (including phenoxy) is 1. The lowest BCUT2D eigenvalue weighted by molar-refractivity contribution is -0.157. The molecular formula is C28H22N2O3S. The Hall–Kier alpha value is -3.82. The second-order valence-electron chi connectivity index (χ2n) is 8.36. The molecule has 2 aliphatic heterocycles. The molecule has 0 aromatic heterocycles. The Morgan fingerprint density at radius 3 is 2.35 bits per heavy atom. The van der Waals surface area contributed by atoms with Crippen molar-refractivity contribution in [3.8, 4) is 6.07 Å². The zero-order valence-electron chi connectivity index (χ0n) is 18.5. The van der Waals surface area contributed by atoms with E-state index in [1.807, 2.05) is 91.0 Å². The molecular weight excluding hydrogens is 444 g/mol. The van der Waals surface area contributed by atoms with E-state index in [0.29, 0.717) is 5.56 Å². The number of methoxy groups -OCH3 is 1. The van der Waals surface area contributed by atoms with Crippen LogP contribution in [0.5, 0.6) is 0 Å². The molecule has 5 rings (SSSR count). The van der Waals surface area contributed by atoms with E-state index < -0.39 is 28.7 Å². The summed E-state index contributed by atoms with van der Waals surface area (Å²) in [7, 11) is 1.30. The van der Waals surface area contributed by atoms with Gasteiger partial charge in [0.15, 0.2) is 11.0 Å². The molecule has 6 heteroatoms. The zero-order chi connectivity index (χ0) is 23.8. The average Bonchev–Trinajstić information content (AvgIpc) is 3.14. The minimum Gasteiger partial charge on any atom is -0.468 e. The van der Waals surface area contributed by atoms with Crippen LogP contribution in [0, 0.1) is 16.7 Å². The predicted molar refractivity (Wildman–Crippen MR) is 130 cm³/mol. The summed E-state index contributed by atoms with van der Waals surface area (Å²) in [5.74, 6) is -1.71. The van der Waals surface area contributed by atoms with Gasteiger partial charge in [-0.25, -0.2) is 0 Å². The van der Waals surface area contributed by atoms with Crippen LogP contribution in [0.3, 0.4) is 0 Å². The molecule has 1 fully saturated rings. The summed E-state index contributed by atoms with van der Waals surface area (Å²) in [6.45, 7) is 0. The van der Waals surface area contributed by atoms with Gasteiger partial charge in [-0.15, -0.1) is 11.8 Å². The lowest BCUT2D eigenvalue weighted by Crippen LogP contribution is -2.46. The van der Waals surface area contributed by atoms with Gasteiger partial charge in [0.1, 0.15) is 0 Å². The molecule has 2 aliphatic rings. The third-order valence-corrected chi connectivity index (χ3v) is 7.93. The van der Waals surface area contributed by atoms with Crippen LogP contribution in [-0.2, 0) is 19.9 Å². The molecule has 34 heavy (non-hydrogen) atoms. The average molecular weight is 467 g/mol. The highest BCUT2D eigenvalue weighted by Gasteiger charge is 2.72. The molecule has 3 aromatic rings. The second kappa shape index (κ2) is 8.51. The van der Waals surface area contributed by atoms with Gasteiger partial charge in [-0.05, 0) is 29.3 Å². The molecule has 168 valence electrons. The Morgan fingerprint density at radius 2 is 1.68 bits per heavy atom. The number of amides is 1. The molecule has 0 spiro atoms. The van der Waals surface area contributed by atoms with Crippen LogP contribution in [0.1, 0.15) is 22.6 Å². The number of nitriles is 1. The highest BCUT2D eigenvalue weighted by Crippen LogP contribution is 2.61. The summed E-state index contributed by atoms with van der Waals surface area (Å²) in [5.41, 5.74) is -0.698. The highest BCUT2D eigenvalue weighted by molar-refractivity contribution is 7.99. The van der Waals surface area contributed by atoms with Crippen molar-refractivity contribution in [2.24, 2.45) is 5.41 Å². The van der Waals surface area contributed by atoms with Crippen LogP contribution < -0.4 is 0 Å². The van der Waals surface area contributed by atoms with Gasteiger partial charge >= 0.3 is 5.97 Å². The van der Waals surface area contributed by atoms with E-state index >= 15 is 0 Å². The smallest absolute Gasteiger partial charge is 0.323 e. The number of carbonyl (C=O) groups excluding carboxylic acids is 2. The molecule has 0 saturated carbocycles. The first-order valence-corrected chi connectivity index (χ1v) is 11.9. The van der Waals surface area contributed by atoms with E-state index in [1.54, 1.807) is 6.20 Å². The summed E-state index contributed by atoms with van der Waals surface area (Å²) >= 11 is 1.42. The maximum Gasteiger partial charge on any atom is 0.323 e. The summed E-state index contributed by atoms with van der Waals surface area (Å²) in [6, 6.07) is 29.0. The van der Waals surface area contributed by atoms with Crippen molar-refractivity contribution in [1.82, 2.24) is 4.90 Å². The number of fused-ring (bicyclic) bond motifs is 3. The summed E-state index contributed by atoms with van der Waals surface area (Å²) < 4.78 is 5.30. The van der Waals surface area contributed by atoms with Gasteiger partial charge < -0.3 is 4.74 Å². The van der Waals surface area contributed by atoms with Crippen LogP contribution in [0.4, 0.5) is 0 Å². The number of benzene rings is 3. The maximum absolute atomic E-state index is 14.3. The third-order valence-electron chi connectivity index (χ3n) is 6.73. The normalized spacial score (nSPS) is 24.8. The van der Waals surface area contributed by atoms with Crippen LogP contribution in [-0.4, -0.2) is 29.6 Å². The number of thioether (sulfide) groups is 1. The van der Waals surface area contributed by atoms with Gasteiger partial charge in [-0.2, -0.15) is 5.26 Å². The summed E-state index contributed by atoms with van der Waals surface area (Å²) in [6.07, 6.45) is 3.46. The van der Waals surface area contributed by atoms with Gasteiger partial charge in [0, 0.05) is 22.4 Å². The van der Waals surface area contributed by atoms with Crippen molar-refractivity contribution >= 4 is 29.7 Å². The largest absolute Gasteiger partial charge is 0.468 e. The summed E-state index contributed by atoms with van der Waals surface area (Å²) in [4.78, 5) is 30.3. The molecule has 1 saturated heterocycles. The van der Waals surface area contributed by atoms with Crippen LogP contribution in [0.15, 0.2) is 96.0 Å². The fourth-order valence-corrected chi connectivity index (χ4v) is 6.42. The van der Waals surface area contributed by atoms with E-state index in [-0.39, 0.29) is 5.75 Å². The van der Waals surface area contributed by atoms with E-state index in [2.05, 4.69) is 6.07 Å². The molecule has 0 bridgehead atoms. The number of esters is 1. The van der Waals surface area contributed by atoms with Crippen molar-refractivity contribution in [1.29, 1.82) is 5.26 Å². The fourth-order valence-electron chi connectivity index (χ4n) is 5.26. The quantitative estimate of drug-likeness (QED) is 0.302. The Balaban J connectivity index is 1.79. The third kappa shape index (κ3) is 3.01. The Kier molecular flexibility index (Phi) is 5.51. The topological polar surface area (TPSA) is 70.4 Å². The van der Waals surface area contributed by atoms with Gasteiger partial charge in [-0.3, -0.25) is 14.5 Å². The van der Waals surface area contributed by atoms with Crippen molar-refractivity contribution in [2.75, 3.05) is 12.9 Å². The Morgan fingerprint density at radius 1 is 1.03 bits per heavy atom. The van der Waals surface area contributed by atoms with Crippen LogP contribution >= 0.6 is 11.8 Å². The van der Waals surface area contributed by atoms with Crippen molar-refractivity contribution < 1.29 is 14.3 Å². The molecule has 5 nitrogen and oxygen atoms in total. The first-order chi connectivity index (χ1) is 16.6. The van der Waals surface area contributed by atoms with Crippen LogP contribution in [0.25, 0.3) is 6.08 Å². The molecule has 1 amide bonds. The minimum atomic E-state index is -1.60. The molecule has 0 radical (unpaired) electrons. The number of hydrogen-bond donors (Lipinski definition) is 0. The SMILES string of the molecule is COC(=O)[C@@]1(CSc2ccccc2)C(=O)N2C=Cc3ccccc3[C@@]2(C#N)[C@@H]1c1ccccc1. The molecule has 3 atom stereocenters. The number of carbonyl (C=O) groups is 2. The van der Waals surface area contributed by atoms with Crippen molar-refractivity contribution in [2.45, 2.75) is 16.4 Å². The van der Waals surface area contributed by atoms with E-state index in [0.717, 1.165) is 16.0 Å². The van der Waals surface area contributed by atoms with Gasteiger partial charge in [-0.1, -0.05) is 72.8 Å². The van der Waals surface area contributed by atoms with Crippen molar-refractivity contribution in [3.05, 3.63) is 108 Å². The lowest BCUT2D eigenvalue weighted by Gasteiger charge is -2.40. The van der Waals surface area contributed by atoms with Gasteiger partial charge in [0.05, 0.1) is 19.1 Å². The predicted octanol–water partition coefficient (Wildman–Crippen LogP) is 4.97. The van der Waals surface area contributed by atoms with E-state index in [1.165, 1.54) is 23.8 Å². The van der Waals surface area contributed by atoms with Gasteiger partial charge in [0.25, 0.3) is 0 Å². The molecule has 0 unspecified atom stereocenters. The molecule has 2 heterocycles. The Labute approximate surface area is 202 Å². The number of nitrogens with zero attached hydrogens (tertiary/aromatic N) is 2. The molecule has 0 aliphatic carbocycles. The van der Waals surface area contributed by atoms with Crippen molar-refractivity contribution in [3.63, 3.8) is 0 Å². The lowest BCUT2D eigenvalue weighted by atomic mass is 9.64. The Bertz CT molecular complexity index is 1320. The monoisotopic (exact) mass is 466 g/mol. The number of rotatable bonds is 5. The highest BCUT2D eigenvalue weighted by atomic mass is 32.2. The van der Waals surface area contributed by atoms with Gasteiger partial charge in [0.2, 0.25) is 5.91 Å². The van der Waals surface area contributed by atoms with E-state index in [4.69, 9.17) is 4.74 Å². The zero-order valence-corrected chi connectivity index (χ0v) is 19.4.